The van der Waals surface area contributed by atoms with Gasteiger partial charge in [-0.3, -0.25) is 0 Å². The Labute approximate surface area is 114 Å². The summed E-state index contributed by atoms with van der Waals surface area (Å²) in [4.78, 5) is 0. The highest BCUT2D eigenvalue weighted by molar-refractivity contribution is 5.21. The molecule has 1 N–H and O–H groups in total. The topological polar surface area (TPSA) is 12.0 Å². The van der Waals surface area contributed by atoms with Crippen LogP contribution in [0.4, 0.5) is 8.78 Å². The van der Waals surface area contributed by atoms with Gasteiger partial charge in [-0.2, -0.15) is 0 Å². The fourth-order valence-corrected chi connectivity index (χ4v) is 2.97. The number of hydrogen-bond acceptors (Lipinski definition) is 1. The molecule has 0 aliphatic heterocycles. The molecule has 1 nitrogen and oxygen atoms in total. The Hall–Kier alpha value is -0.960. The van der Waals surface area contributed by atoms with Crippen LogP contribution in [0.15, 0.2) is 18.2 Å². The van der Waals surface area contributed by atoms with E-state index in [9.17, 15) is 8.78 Å². The van der Waals surface area contributed by atoms with E-state index in [1.807, 2.05) is 6.92 Å². The van der Waals surface area contributed by atoms with Crippen molar-refractivity contribution in [2.75, 3.05) is 6.54 Å². The molecule has 2 rings (SSSR count). The molecular weight excluding hydrogens is 244 g/mol. The molecule has 1 aliphatic carbocycles. The van der Waals surface area contributed by atoms with Crippen LogP contribution in [0, 0.1) is 17.6 Å². The van der Waals surface area contributed by atoms with E-state index >= 15 is 0 Å². The number of benzene rings is 1. The van der Waals surface area contributed by atoms with Crippen LogP contribution in [-0.2, 0) is 0 Å². The first-order valence-corrected chi connectivity index (χ1v) is 7.35. The van der Waals surface area contributed by atoms with E-state index in [4.69, 9.17) is 0 Å². The second-order valence-electron chi connectivity index (χ2n) is 5.61. The zero-order chi connectivity index (χ0) is 13.7. The molecule has 0 radical (unpaired) electrons. The van der Waals surface area contributed by atoms with Crippen molar-refractivity contribution >= 4 is 0 Å². The van der Waals surface area contributed by atoms with Crippen molar-refractivity contribution in [1.29, 1.82) is 0 Å². The third-order valence-corrected chi connectivity index (χ3v) is 4.16. The van der Waals surface area contributed by atoms with Crippen molar-refractivity contribution in [3.05, 3.63) is 35.4 Å². The van der Waals surface area contributed by atoms with Gasteiger partial charge >= 0.3 is 0 Å². The van der Waals surface area contributed by atoms with E-state index in [0.717, 1.165) is 24.9 Å². The van der Waals surface area contributed by atoms with Gasteiger partial charge in [-0.1, -0.05) is 37.8 Å². The molecule has 106 valence electrons. The van der Waals surface area contributed by atoms with Gasteiger partial charge in [-0.15, -0.1) is 0 Å². The Kier molecular flexibility index (Phi) is 5.32. The fourth-order valence-electron chi connectivity index (χ4n) is 2.97. The maximum absolute atomic E-state index is 13.6. The minimum Gasteiger partial charge on any atom is -0.310 e. The molecule has 0 bridgehead atoms. The van der Waals surface area contributed by atoms with Gasteiger partial charge < -0.3 is 5.32 Å². The number of nitrogens with one attached hydrogen (secondary N) is 1. The van der Waals surface area contributed by atoms with Crippen molar-refractivity contribution < 1.29 is 8.78 Å². The summed E-state index contributed by atoms with van der Waals surface area (Å²) in [6, 6.07) is 4.22. The van der Waals surface area contributed by atoms with E-state index in [2.05, 4.69) is 5.32 Å². The molecule has 1 atom stereocenters. The maximum atomic E-state index is 13.6. The van der Waals surface area contributed by atoms with E-state index in [1.54, 1.807) is 12.1 Å². The molecule has 0 amide bonds. The SMILES string of the molecule is CC(NCCCC1CCCC1)c1cccc(F)c1F. The summed E-state index contributed by atoms with van der Waals surface area (Å²) >= 11 is 0. The lowest BCUT2D eigenvalue weighted by Crippen LogP contribution is -2.21. The number of halogens is 2. The minimum absolute atomic E-state index is 0.140. The Morgan fingerprint density at radius 2 is 2.00 bits per heavy atom. The lowest BCUT2D eigenvalue weighted by atomic mass is 10.0. The van der Waals surface area contributed by atoms with Gasteiger partial charge in [0.05, 0.1) is 0 Å². The lowest BCUT2D eigenvalue weighted by molar-refractivity contribution is 0.443. The number of rotatable bonds is 6. The second-order valence-corrected chi connectivity index (χ2v) is 5.61. The standard InChI is InChI=1S/C16H23F2N/c1-12(14-9-4-10-15(17)16(14)18)19-11-5-8-13-6-2-3-7-13/h4,9-10,12-13,19H,2-3,5-8,11H2,1H3. The predicted octanol–water partition coefficient (Wildman–Crippen LogP) is 4.59. The van der Waals surface area contributed by atoms with Crippen molar-refractivity contribution in [3.63, 3.8) is 0 Å². The van der Waals surface area contributed by atoms with Gasteiger partial charge in [0.2, 0.25) is 0 Å². The molecule has 1 fully saturated rings. The highest BCUT2D eigenvalue weighted by Crippen LogP contribution is 2.28. The summed E-state index contributed by atoms with van der Waals surface area (Å²) in [5.41, 5.74) is 0.417. The Morgan fingerprint density at radius 3 is 2.74 bits per heavy atom. The summed E-state index contributed by atoms with van der Waals surface area (Å²) in [5.74, 6) is -0.599. The van der Waals surface area contributed by atoms with Gasteiger partial charge in [0.1, 0.15) is 0 Å². The van der Waals surface area contributed by atoms with E-state index in [0.29, 0.717) is 5.56 Å². The first kappa shape index (κ1) is 14.4. The molecule has 0 spiro atoms. The summed E-state index contributed by atoms with van der Waals surface area (Å²) in [7, 11) is 0. The summed E-state index contributed by atoms with van der Waals surface area (Å²) in [6.45, 7) is 2.75. The average Bonchev–Trinajstić information content (AvgIpc) is 2.91. The van der Waals surface area contributed by atoms with E-state index in [1.165, 1.54) is 32.1 Å². The van der Waals surface area contributed by atoms with Crippen LogP contribution < -0.4 is 5.32 Å². The van der Waals surface area contributed by atoms with Crippen molar-refractivity contribution in [3.8, 4) is 0 Å². The largest absolute Gasteiger partial charge is 0.310 e. The van der Waals surface area contributed by atoms with Crippen LogP contribution in [-0.4, -0.2) is 6.54 Å². The van der Waals surface area contributed by atoms with Crippen LogP contribution in [0.3, 0.4) is 0 Å². The molecule has 1 aromatic carbocycles. The number of hydrogen-bond donors (Lipinski definition) is 1. The van der Waals surface area contributed by atoms with Gasteiger partial charge in [0.15, 0.2) is 11.6 Å². The molecule has 19 heavy (non-hydrogen) atoms. The highest BCUT2D eigenvalue weighted by atomic mass is 19.2. The van der Waals surface area contributed by atoms with Crippen LogP contribution in [0.1, 0.15) is 57.1 Å². The highest BCUT2D eigenvalue weighted by Gasteiger charge is 2.15. The maximum Gasteiger partial charge on any atom is 0.163 e. The van der Waals surface area contributed by atoms with Crippen LogP contribution in [0.5, 0.6) is 0 Å². The monoisotopic (exact) mass is 267 g/mol. The molecule has 1 aromatic rings. The Morgan fingerprint density at radius 1 is 1.26 bits per heavy atom. The zero-order valence-corrected chi connectivity index (χ0v) is 11.6. The second kappa shape index (κ2) is 6.99. The van der Waals surface area contributed by atoms with Crippen molar-refractivity contribution in [2.45, 2.75) is 51.5 Å². The van der Waals surface area contributed by atoms with Gasteiger partial charge in [0, 0.05) is 11.6 Å². The van der Waals surface area contributed by atoms with E-state index < -0.39 is 11.6 Å². The van der Waals surface area contributed by atoms with Crippen molar-refractivity contribution in [1.82, 2.24) is 5.32 Å². The molecule has 0 heterocycles. The molecule has 1 saturated carbocycles. The molecule has 1 aliphatic rings. The van der Waals surface area contributed by atoms with Crippen molar-refractivity contribution in [2.24, 2.45) is 5.92 Å². The molecule has 0 aromatic heterocycles. The summed E-state index contributed by atoms with van der Waals surface area (Å²) in [5, 5.41) is 3.28. The first-order valence-electron chi connectivity index (χ1n) is 7.35. The van der Waals surface area contributed by atoms with Gasteiger partial charge in [0.25, 0.3) is 0 Å². The fraction of sp³-hybridized carbons (Fsp3) is 0.625. The molecule has 0 saturated heterocycles. The predicted molar refractivity (Wildman–Crippen MR) is 74.0 cm³/mol. The smallest absolute Gasteiger partial charge is 0.163 e. The average molecular weight is 267 g/mol. The third-order valence-electron chi connectivity index (χ3n) is 4.16. The van der Waals surface area contributed by atoms with Crippen LogP contribution in [0.2, 0.25) is 0 Å². The van der Waals surface area contributed by atoms with Gasteiger partial charge in [-0.25, -0.2) is 8.78 Å². The van der Waals surface area contributed by atoms with Gasteiger partial charge in [-0.05, 0) is 38.3 Å². The summed E-state index contributed by atoms with van der Waals surface area (Å²) < 4.78 is 26.7. The Bertz CT molecular complexity index is 400. The van der Waals surface area contributed by atoms with Crippen LogP contribution in [0.25, 0.3) is 0 Å². The summed E-state index contributed by atoms with van der Waals surface area (Å²) in [6.07, 6.45) is 7.87. The van der Waals surface area contributed by atoms with Crippen LogP contribution >= 0.6 is 0 Å². The lowest BCUT2D eigenvalue weighted by Gasteiger charge is -2.16. The minimum atomic E-state index is -0.767. The molecule has 1 unspecified atom stereocenters. The van der Waals surface area contributed by atoms with E-state index in [-0.39, 0.29) is 6.04 Å². The first-order chi connectivity index (χ1) is 9.18. The normalized spacial score (nSPS) is 17.8. The molecular formula is C16H23F2N. The molecule has 3 heteroatoms. The quantitative estimate of drug-likeness (QED) is 0.744. The Balaban J connectivity index is 1.74. The third kappa shape index (κ3) is 4.00. The zero-order valence-electron chi connectivity index (χ0n) is 11.6.